The molecule has 4 heteroatoms. The predicted molar refractivity (Wildman–Crippen MR) is 56.6 cm³/mol. The van der Waals surface area contributed by atoms with E-state index < -0.39 is 0 Å². The Labute approximate surface area is 87.1 Å². The van der Waals surface area contributed by atoms with Crippen LogP contribution in [0, 0.1) is 12.7 Å². The van der Waals surface area contributed by atoms with Crippen molar-refractivity contribution in [1.29, 1.82) is 0 Å². The van der Waals surface area contributed by atoms with E-state index in [1.165, 1.54) is 12.1 Å². The predicted octanol–water partition coefficient (Wildman–Crippen LogP) is 1.98. The third-order valence-corrected chi connectivity index (χ3v) is 2.41. The average Bonchev–Trinajstić information content (AvgIpc) is 2.59. The first-order valence-electron chi connectivity index (χ1n) is 4.72. The molecule has 2 rings (SSSR count). The summed E-state index contributed by atoms with van der Waals surface area (Å²) in [4.78, 5) is 0. The zero-order chi connectivity index (χ0) is 10.8. The summed E-state index contributed by atoms with van der Waals surface area (Å²) in [5.41, 5.74) is 8.91. The van der Waals surface area contributed by atoms with Crippen LogP contribution >= 0.6 is 0 Å². The maximum absolute atomic E-state index is 13.0. The number of halogens is 1. The van der Waals surface area contributed by atoms with Crippen LogP contribution < -0.4 is 5.73 Å². The number of rotatable bonds is 2. The molecule has 0 fully saturated rings. The topological polar surface area (TPSA) is 54.7 Å². The molecule has 0 saturated heterocycles. The maximum Gasteiger partial charge on any atom is 0.123 e. The van der Waals surface area contributed by atoms with E-state index in [0.717, 1.165) is 22.5 Å². The molecule has 1 aromatic carbocycles. The summed E-state index contributed by atoms with van der Waals surface area (Å²) >= 11 is 0. The van der Waals surface area contributed by atoms with Gasteiger partial charge in [-0.25, -0.2) is 4.39 Å². The molecule has 0 atom stereocenters. The van der Waals surface area contributed by atoms with Crippen molar-refractivity contribution in [1.82, 2.24) is 10.2 Å². The molecule has 3 nitrogen and oxygen atoms in total. The van der Waals surface area contributed by atoms with Crippen molar-refractivity contribution in [2.45, 2.75) is 13.5 Å². The van der Waals surface area contributed by atoms with Crippen molar-refractivity contribution < 1.29 is 4.39 Å². The van der Waals surface area contributed by atoms with E-state index in [2.05, 4.69) is 10.2 Å². The van der Waals surface area contributed by atoms with Crippen LogP contribution in [0.4, 0.5) is 4.39 Å². The summed E-state index contributed by atoms with van der Waals surface area (Å²) in [5, 5.41) is 6.97. The zero-order valence-corrected chi connectivity index (χ0v) is 8.42. The van der Waals surface area contributed by atoms with Gasteiger partial charge in [0.05, 0.1) is 11.4 Å². The van der Waals surface area contributed by atoms with Crippen molar-refractivity contribution in [3.05, 3.63) is 41.3 Å². The molecule has 0 aliphatic heterocycles. The van der Waals surface area contributed by atoms with E-state index in [-0.39, 0.29) is 5.82 Å². The van der Waals surface area contributed by atoms with Crippen LogP contribution in [0.25, 0.3) is 11.3 Å². The largest absolute Gasteiger partial charge is 0.325 e. The molecule has 0 aliphatic carbocycles. The first kappa shape index (κ1) is 9.86. The Morgan fingerprint density at radius 2 is 2.27 bits per heavy atom. The Kier molecular flexibility index (Phi) is 2.51. The van der Waals surface area contributed by atoms with Crippen LogP contribution in [0.1, 0.15) is 11.3 Å². The highest BCUT2D eigenvalue weighted by atomic mass is 19.1. The third-order valence-electron chi connectivity index (χ3n) is 2.41. The fourth-order valence-corrected chi connectivity index (χ4v) is 1.55. The SMILES string of the molecule is Cc1c(-c2cccc(F)c2)n[nH]c1CN. The minimum Gasteiger partial charge on any atom is -0.325 e. The molecule has 0 unspecified atom stereocenters. The molecule has 0 saturated carbocycles. The fraction of sp³-hybridized carbons (Fsp3) is 0.182. The standard InChI is InChI=1S/C11H12FN3/c1-7-10(6-13)14-15-11(7)8-3-2-4-9(12)5-8/h2-5H,6,13H2,1H3,(H,14,15). The van der Waals surface area contributed by atoms with Gasteiger partial charge in [0.2, 0.25) is 0 Å². The highest BCUT2D eigenvalue weighted by molar-refractivity contribution is 5.63. The molecular formula is C11H12FN3. The quantitative estimate of drug-likeness (QED) is 0.787. The number of hydrogen-bond donors (Lipinski definition) is 2. The molecule has 0 spiro atoms. The van der Waals surface area contributed by atoms with Crippen molar-refractivity contribution in [3.63, 3.8) is 0 Å². The molecule has 2 aromatic rings. The van der Waals surface area contributed by atoms with Crippen molar-refractivity contribution >= 4 is 0 Å². The fourth-order valence-electron chi connectivity index (χ4n) is 1.55. The molecular weight excluding hydrogens is 193 g/mol. The number of nitrogens with zero attached hydrogens (tertiary/aromatic N) is 1. The summed E-state index contributed by atoms with van der Waals surface area (Å²) in [6.07, 6.45) is 0. The lowest BCUT2D eigenvalue weighted by atomic mass is 10.1. The number of hydrogen-bond acceptors (Lipinski definition) is 2. The van der Waals surface area contributed by atoms with Gasteiger partial charge < -0.3 is 5.73 Å². The average molecular weight is 205 g/mol. The van der Waals surface area contributed by atoms with Gasteiger partial charge in [-0.1, -0.05) is 12.1 Å². The van der Waals surface area contributed by atoms with E-state index >= 15 is 0 Å². The van der Waals surface area contributed by atoms with Gasteiger partial charge in [0.1, 0.15) is 5.82 Å². The monoisotopic (exact) mass is 205 g/mol. The van der Waals surface area contributed by atoms with Crippen LogP contribution in [0.2, 0.25) is 0 Å². The Hall–Kier alpha value is -1.68. The van der Waals surface area contributed by atoms with Crippen molar-refractivity contribution in [3.8, 4) is 11.3 Å². The number of H-pyrrole nitrogens is 1. The second-order valence-electron chi connectivity index (χ2n) is 3.39. The number of aromatic nitrogens is 2. The molecule has 1 heterocycles. The minimum absolute atomic E-state index is 0.260. The lowest BCUT2D eigenvalue weighted by molar-refractivity contribution is 0.628. The van der Waals surface area contributed by atoms with Crippen LogP contribution in [0.3, 0.4) is 0 Å². The van der Waals surface area contributed by atoms with Crippen LogP contribution in [-0.2, 0) is 6.54 Å². The summed E-state index contributed by atoms with van der Waals surface area (Å²) in [6, 6.07) is 6.37. The van der Waals surface area contributed by atoms with E-state index in [9.17, 15) is 4.39 Å². The van der Waals surface area contributed by atoms with Crippen LogP contribution in [0.5, 0.6) is 0 Å². The highest BCUT2D eigenvalue weighted by Crippen LogP contribution is 2.23. The van der Waals surface area contributed by atoms with Crippen LogP contribution in [0.15, 0.2) is 24.3 Å². The molecule has 15 heavy (non-hydrogen) atoms. The zero-order valence-electron chi connectivity index (χ0n) is 8.42. The van der Waals surface area contributed by atoms with E-state index in [1.807, 2.05) is 13.0 Å². The Bertz CT molecular complexity index is 476. The first-order valence-corrected chi connectivity index (χ1v) is 4.72. The number of aromatic amines is 1. The summed E-state index contributed by atoms with van der Waals surface area (Å²) in [5.74, 6) is -0.260. The molecule has 78 valence electrons. The molecule has 3 N–H and O–H groups in total. The first-order chi connectivity index (χ1) is 7.22. The smallest absolute Gasteiger partial charge is 0.123 e. The lowest BCUT2D eigenvalue weighted by Crippen LogP contribution is -1.98. The summed E-state index contributed by atoms with van der Waals surface area (Å²) in [7, 11) is 0. The van der Waals surface area contributed by atoms with Gasteiger partial charge in [-0.2, -0.15) is 5.10 Å². The van der Waals surface area contributed by atoms with E-state index in [1.54, 1.807) is 6.07 Å². The third kappa shape index (κ3) is 1.76. The van der Waals surface area contributed by atoms with Gasteiger partial charge in [0.15, 0.2) is 0 Å². The van der Waals surface area contributed by atoms with E-state index in [4.69, 9.17) is 5.73 Å². The van der Waals surface area contributed by atoms with Gasteiger partial charge in [-0.15, -0.1) is 0 Å². The lowest BCUT2D eigenvalue weighted by Gasteiger charge is -1.99. The van der Waals surface area contributed by atoms with Gasteiger partial charge in [0.25, 0.3) is 0 Å². The summed E-state index contributed by atoms with van der Waals surface area (Å²) < 4.78 is 13.0. The van der Waals surface area contributed by atoms with E-state index in [0.29, 0.717) is 6.54 Å². The van der Waals surface area contributed by atoms with Crippen molar-refractivity contribution in [2.75, 3.05) is 0 Å². The van der Waals surface area contributed by atoms with Gasteiger partial charge in [0, 0.05) is 12.1 Å². The summed E-state index contributed by atoms with van der Waals surface area (Å²) in [6.45, 7) is 2.33. The number of benzene rings is 1. The Morgan fingerprint density at radius 1 is 1.47 bits per heavy atom. The molecule has 0 aliphatic rings. The number of nitrogens with two attached hydrogens (primary N) is 1. The second-order valence-corrected chi connectivity index (χ2v) is 3.39. The Balaban J connectivity index is 2.49. The van der Waals surface area contributed by atoms with Gasteiger partial charge in [-0.3, -0.25) is 5.10 Å². The minimum atomic E-state index is -0.260. The molecule has 1 aromatic heterocycles. The van der Waals surface area contributed by atoms with Crippen molar-refractivity contribution in [2.24, 2.45) is 5.73 Å². The van der Waals surface area contributed by atoms with Crippen LogP contribution in [-0.4, -0.2) is 10.2 Å². The van der Waals surface area contributed by atoms with Gasteiger partial charge in [-0.05, 0) is 24.6 Å². The second kappa shape index (κ2) is 3.82. The molecule has 0 radical (unpaired) electrons. The van der Waals surface area contributed by atoms with Gasteiger partial charge >= 0.3 is 0 Å². The number of nitrogens with one attached hydrogen (secondary N) is 1. The maximum atomic E-state index is 13.0. The normalized spacial score (nSPS) is 10.6. The molecule has 0 bridgehead atoms. The Morgan fingerprint density at radius 3 is 2.87 bits per heavy atom. The molecule has 0 amide bonds. The highest BCUT2D eigenvalue weighted by Gasteiger charge is 2.09.